The molecule has 0 radical (unpaired) electrons. The Morgan fingerprint density at radius 1 is 0.949 bits per heavy atom. The van der Waals surface area contributed by atoms with Crippen LogP contribution in [0.15, 0.2) is 83.8 Å². The van der Waals surface area contributed by atoms with Gasteiger partial charge in [0.05, 0.1) is 17.7 Å². The molecule has 3 rings (SSSR count). The third-order valence-electron chi connectivity index (χ3n) is 5.90. The molecule has 0 bridgehead atoms. The number of carbonyl (C=O) groups is 2. The summed E-state index contributed by atoms with van der Waals surface area (Å²) in [7, 11) is -2.75. The molecule has 2 amide bonds. The molecule has 0 heterocycles. The van der Waals surface area contributed by atoms with E-state index in [1.807, 2.05) is 20.8 Å². The molecule has 39 heavy (non-hydrogen) atoms. The van der Waals surface area contributed by atoms with Gasteiger partial charge >= 0.3 is 0 Å². The molecule has 3 aromatic rings. The zero-order valence-corrected chi connectivity index (χ0v) is 24.3. The van der Waals surface area contributed by atoms with E-state index in [4.69, 9.17) is 16.3 Å². The molecular weight excluding hydrogens is 538 g/mol. The number of hydrogen-bond acceptors (Lipinski definition) is 5. The van der Waals surface area contributed by atoms with Crippen molar-refractivity contribution in [2.75, 3.05) is 18.0 Å². The third-order valence-corrected chi connectivity index (χ3v) is 7.92. The highest BCUT2D eigenvalue weighted by molar-refractivity contribution is 7.92. The van der Waals surface area contributed by atoms with E-state index >= 15 is 0 Å². The minimum Gasteiger partial charge on any atom is -0.495 e. The number of hydrogen-bond donors (Lipinski definition) is 1. The molecule has 0 aliphatic carbocycles. The van der Waals surface area contributed by atoms with E-state index in [9.17, 15) is 18.0 Å². The van der Waals surface area contributed by atoms with E-state index in [1.54, 1.807) is 73.7 Å². The molecule has 0 aromatic heterocycles. The van der Waals surface area contributed by atoms with Gasteiger partial charge in [0.15, 0.2) is 0 Å². The average molecular weight is 572 g/mol. The smallest absolute Gasteiger partial charge is 0.264 e. The molecule has 0 saturated carbocycles. The molecule has 1 atom stereocenters. The van der Waals surface area contributed by atoms with E-state index in [2.05, 4.69) is 5.32 Å². The zero-order chi connectivity index (χ0) is 28.8. The molecule has 1 N–H and O–H groups in total. The van der Waals surface area contributed by atoms with Crippen molar-refractivity contribution in [1.82, 2.24) is 10.2 Å². The number of rotatable bonds is 10. The number of nitrogens with zero attached hydrogens (tertiary/aromatic N) is 2. The van der Waals surface area contributed by atoms with Crippen LogP contribution in [0.1, 0.15) is 33.3 Å². The Hall–Kier alpha value is -3.56. The Morgan fingerprint density at radius 2 is 1.54 bits per heavy atom. The van der Waals surface area contributed by atoms with Gasteiger partial charge in [-0.2, -0.15) is 0 Å². The van der Waals surface area contributed by atoms with Gasteiger partial charge in [0.2, 0.25) is 11.8 Å². The Morgan fingerprint density at radius 3 is 2.13 bits per heavy atom. The predicted octanol–water partition coefficient (Wildman–Crippen LogP) is 4.88. The van der Waals surface area contributed by atoms with Crippen LogP contribution in [0.25, 0.3) is 0 Å². The van der Waals surface area contributed by atoms with Gasteiger partial charge in [-0.1, -0.05) is 54.1 Å². The lowest BCUT2D eigenvalue weighted by Gasteiger charge is -2.33. The van der Waals surface area contributed by atoms with Crippen LogP contribution in [0, 0.1) is 0 Å². The molecule has 0 saturated heterocycles. The lowest BCUT2D eigenvalue weighted by atomic mass is 10.1. The van der Waals surface area contributed by atoms with Crippen LogP contribution in [-0.2, 0) is 26.2 Å². The van der Waals surface area contributed by atoms with Crippen molar-refractivity contribution in [3.8, 4) is 5.75 Å². The van der Waals surface area contributed by atoms with Crippen LogP contribution < -0.4 is 14.4 Å². The predicted molar refractivity (Wildman–Crippen MR) is 153 cm³/mol. The highest BCUT2D eigenvalue weighted by Gasteiger charge is 2.34. The van der Waals surface area contributed by atoms with Crippen molar-refractivity contribution < 1.29 is 22.7 Å². The number of anilines is 1. The number of benzene rings is 3. The Balaban J connectivity index is 2.06. The summed E-state index contributed by atoms with van der Waals surface area (Å²) in [5.41, 5.74) is 0.411. The van der Waals surface area contributed by atoms with E-state index in [-0.39, 0.29) is 28.8 Å². The van der Waals surface area contributed by atoms with Crippen molar-refractivity contribution in [2.24, 2.45) is 0 Å². The quantitative estimate of drug-likeness (QED) is 0.374. The van der Waals surface area contributed by atoms with Crippen LogP contribution >= 0.6 is 11.6 Å². The summed E-state index contributed by atoms with van der Waals surface area (Å²) < 4.78 is 34.2. The summed E-state index contributed by atoms with van der Waals surface area (Å²) in [5, 5.41) is 3.44. The summed E-state index contributed by atoms with van der Waals surface area (Å²) in [6.45, 7) is 6.67. The fraction of sp³-hybridized carbons (Fsp3) is 0.310. The third kappa shape index (κ3) is 7.74. The summed E-state index contributed by atoms with van der Waals surface area (Å²) in [4.78, 5) is 28.5. The highest BCUT2D eigenvalue weighted by atomic mass is 35.5. The second-order valence-corrected chi connectivity index (χ2v) is 12.4. The molecule has 0 spiro atoms. The fourth-order valence-electron chi connectivity index (χ4n) is 3.91. The van der Waals surface area contributed by atoms with Crippen LogP contribution in [-0.4, -0.2) is 50.4 Å². The summed E-state index contributed by atoms with van der Waals surface area (Å²) in [6.07, 6.45) is 0. The van der Waals surface area contributed by atoms with E-state index in [0.717, 1.165) is 9.87 Å². The number of nitrogens with one attached hydrogen (secondary N) is 1. The normalized spacial score (nSPS) is 12.4. The molecular formula is C29H34ClN3O5S. The Labute approximate surface area is 235 Å². The topological polar surface area (TPSA) is 96.0 Å². The van der Waals surface area contributed by atoms with Gasteiger partial charge in [0.25, 0.3) is 10.0 Å². The lowest BCUT2D eigenvalue weighted by Crippen LogP contribution is -2.54. The van der Waals surface area contributed by atoms with Crippen LogP contribution in [0.5, 0.6) is 5.75 Å². The number of halogens is 1. The standard InChI is InChI=1S/C29H34ClN3O5S/c1-21(28(35)31-29(2,3)4)32(19-22-15-17-23(30)18-16-22)27(34)20-33(25-13-9-10-14-26(25)38-5)39(36,37)24-11-7-6-8-12-24/h6-18,21H,19-20H2,1-5H3,(H,31,35). The molecule has 0 aliphatic rings. The van der Waals surface area contributed by atoms with Gasteiger partial charge in [0, 0.05) is 17.1 Å². The van der Waals surface area contributed by atoms with Gasteiger partial charge in [0.1, 0.15) is 18.3 Å². The van der Waals surface area contributed by atoms with Gasteiger partial charge in [-0.15, -0.1) is 0 Å². The first-order valence-electron chi connectivity index (χ1n) is 12.4. The van der Waals surface area contributed by atoms with E-state index in [1.165, 1.54) is 24.1 Å². The summed E-state index contributed by atoms with van der Waals surface area (Å²) >= 11 is 6.04. The number of para-hydroxylation sites is 2. The zero-order valence-electron chi connectivity index (χ0n) is 22.7. The van der Waals surface area contributed by atoms with Gasteiger partial charge in [-0.25, -0.2) is 8.42 Å². The largest absolute Gasteiger partial charge is 0.495 e. The van der Waals surface area contributed by atoms with Crippen molar-refractivity contribution in [3.63, 3.8) is 0 Å². The molecule has 0 fully saturated rings. The van der Waals surface area contributed by atoms with Crippen molar-refractivity contribution in [3.05, 3.63) is 89.4 Å². The Kier molecular flexibility index (Phi) is 9.63. The fourth-order valence-corrected chi connectivity index (χ4v) is 5.48. The van der Waals surface area contributed by atoms with Crippen LogP contribution in [0.4, 0.5) is 5.69 Å². The second kappa shape index (κ2) is 12.5. The first kappa shape index (κ1) is 30.0. The number of sulfonamides is 1. The lowest BCUT2D eigenvalue weighted by molar-refractivity contribution is -0.140. The minimum atomic E-state index is -4.18. The summed E-state index contributed by atoms with van der Waals surface area (Å²) in [6, 6.07) is 20.5. The molecule has 1 unspecified atom stereocenters. The second-order valence-electron chi connectivity index (χ2n) is 10.1. The first-order chi connectivity index (χ1) is 18.3. The van der Waals surface area contributed by atoms with Crippen LogP contribution in [0.2, 0.25) is 5.02 Å². The maximum absolute atomic E-state index is 14.0. The molecule has 3 aromatic carbocycles. The highest BCUT2D eigenvalue weighted by Crippen LogP contribution is 2.32. The number of carbonyl (C=O) groups excluding carboxylic acids is 2. The van der Waals surface area contributed by atoms with Crippen LogP contribution in [0.3, 0.4) is 0 Å². The SMILES string of the molecule is COc1ccccc1N(CC(=O)N(Cc1ccc(Cl)cc1)C(C)C(=O)NC(C)(C)C)S(=O)(=O)c1ccccc1. The molecule has 208 valence electrons. The van der Waals surface area contributed by atoms with Gasteiger partial charge < -0.3 is 15.0 Å². The first-order valence-corrected chi connectivity index (χ1v) is 14.2. The van der Waals surface area contributed by atoms with Gasteiger partial charge in [-0.05, 0) is 69.7 Å². The van der Waals surface area contributed by atoms with Gasteiger partial charge in [-0.3, -0.25) is 13.9 Å². The minimum absolute atomic E-state index is 0.0199. The molecule has 0 aliphatic heterocycles. The van der Waals surface area contributed by atoms with E-state index < -0.39 is 34.1 Å². The molecule has 10 heteroatoms. The monoisotopic (exact) mass is 571 g/mol. The molecule has 8 nitrogen and oxygen atoms in total. The van der Waals surface area contributed by atoms with Crippen molar-refractivity contribution in [1.29, 1.82) is 0 Å². The maximum Gasteiger partial charge on any atom is 0.264 e. The number of ether oxygens (including phenoxy) is 1. The average Bonchev–Trinajstić information content (AvgIpc) is 2.90. The number of amides is 2. The maximum atomic E-state index is 14.0. The number of methoxy groups -OCH3 is 1. The van der Waals surface area contributed by atoms with Crippen molar-refractivity contribution >= 4 is 39.1 Å². The van der Waals surface area contributed by atoms with Crippen molar-refractivity contribution in [2.45, 2.75) is 50.7 Å². The van der Waals surface area contributed by atoms with E-state index in [0.29, 0.717) is 5.02 Å². The summed E-state index contributed by atoms with van der Waals surface area (Å²) in [5.74, 6) is -0.640. The Bertz CT molecular complexity index is 1390.